The molecule has 1 N–H and O–H groups in total. The molecule has 0 aromatic carbocycles. The van der Waals surface area contributed by atoms with Crippen molar-refractivity contribution in [1.29, 1.82) is 0 Å². The largest absolute Gasteiger partial charge is 0.479 e. The van der Waals surface area contributed by atoms with Crippen LogP contribution < -0.4 is 0 Å². The molecule has 0 heterocycles. The Hall–Kier alpha value is -1.84. The molecule has 0 amide bonds. The Labute approximate surface area is 184 Å². The summed E-state index contributed by atoms with van der Waals surface area (Å²) >= 11 is 0. The quantitative estimate of drug-likeness (QED) is 0.125. The molecule has 4 heteroatoms. The van der Waals surface area contributed by atoms with Gasteiger partial charge in [0.25, 0.3) is 0 Å². The third-order valence-electron chi connectivity index (χ3n) is 4.94. The molecule has 30 heavy (non-hydrogen) atoms. The first kappa shape index (κ1) is 28.2. The molecule has 1 unspecified atom stereocenters. The van der Waals surface area contributed by atoms with E-state index in [9.17, 15) is 9.59 Å². The predicted molar refractivity (Wildman–Crippen MR) is 126 cm³/mol. The van der Waals surface area contributed by atoms with E-state index in [4.69, 9.17) is 9.84 Å². The number of aliphatic carboxylic acids is 1. The second kappa shape index (κ2) is 21.9. The van der Waals surface area contributed by atoms with E-state index in [2.05, 4.69) is 43.4 Å². The third-order valence-corrected chi connectivity index (χ3v) is 4.94. The highest BCUT2D eigenvalue weighted by molar-refractivity contribution is 5.77. The molecule has 172 valence electrons. The summed E-state index contributed by atoms with van der Waals surface area (Å²) < 4.78 is 4.94. The Morgan fingerprint density at radius 2 is 1.23 bits per heavy atom. The Kier molecular flexibility index (Phi) is 20.5. The molecule has 0 rings (SSSR count). The van der Waals surface area contributed by atoms with E-state index >= 15 is 0 Å². The minimum absolute atomic E-state index is 0.308. The molecule has 0 aliphatic heterocycles. The predicted octanol–water partition coefficient (Wildman–Crippen LogP) is 7.54. The van der Waals surface area contributed by atoms with Gasteiger partial charge in [-0.05, 0) is 51.4 Å². The zero-order chi connectivity index (χ0) is 22.3. The maximum Gasteiger partial charge on any atom is 0.345 e. The third kappa shape index (κ3) is 19.5. The first-order chi connectivity index (χ1) is 14.6. The maximum atomic E-state index is 11.6. The summed E-state index contributed by atoms with van der Waals surface area (Å²) in [6.45, 7) is 3.94. The average Bonchev–Trinajstić information content (AvgIpc) is 2.73. The van der Waals surface area contributed by atoms with E-state index in [0.717, 1.165) is 38.5 Å². The van der Waals surface area contributed by atoms with Gasteiger partial charge in [-0.1, -0.05) is 88.8 Å². The maximum absolute atomic E-state index is 11.6. The standard InChI is InChI=1S/C26H44O4/c1-3-5-6-7-8-9-10-11-12-13-14-15-16-17-18-19-20-21-22-23-25(27)30-24(4-2)26(28)29/h8-9,11-12,14-15,24H,3-7,10,13,16-23H2,1-2H3,(H,28,29)/b9-8-,12-11-,15-14-. The van der Waals surface area contributed by atoms with Gasteiger partial charge in [-0.3, -0.25) is 4.79 Å². The summed E-state index contributed by atoms with van der Waals surface area (Å²) in [5, 5.41) is 8.87. The van der Waals surface area contributed by atoms with Gasteiger partial charge in [0.15, 0.2) is 6.10 Å². The molecule has 0 aromatic heterocycles. The second-order valence-corrected chi connectivity index (χ2v) is 7.77. The molecule has 0 radical (unpaired) electrons. The number of carbonyl (C=O) groups excluding carboxylic acids is 1. The molecule has 4 nitrogen and oxygen atoms in total. The molecule has 0 aliphatic rings. The van der Waals surface area contributed by atoms with Gasteiger partial charge < -0.3 is 9.84 Å². The smallest absolute Gasteiger partial charge is 0.345 e. The molecular weight excluding hydrogens is 376 g/mol. The molecule has 0 saturated carbocycles. The monoisotopic (exact) mass is 420 g/mol. The Balaban J connectivity index is 3.44. The van der Waals surface area contributed by atoms with Crippen molar-refractivity contribution in [3.05, 3.63) is 36.5 Å². The normalized spacial score (nSPS) is 12.9. The lowest BCUT2D eigenvalue weighted by Gasteiger charge is -2.11. The number of rotatable bonds is 20. The van der Waals surface area contributed by atoms with E-state index in [1.807, 2.05) is 0 Å². The summed E-state index contributed by atoms with van der Waals surface area (Å²) in [4.78, 5) is 22.4. The second-order valence-electron chi connectivity index (χ2n) is 7.77. The van der Waals surface area contributed by atoms with Crippen LogP contribution in [0.2, 0.25) is 0 Å². The van der Waals surface area contributed by atoms with Crippen LogP contribution in [0.1, 0.15) is 110 Å². The molecule has 0 aromatic rings. The van der Waals surface area contributed by atoms with E-state index in [1.54, 1.807) is 6.92 Å². The molecule has 1 atom stereocenters. The van der Waals surface area contributed by atoms with Crippen LogP contribution in [-0.4, -0.2) is 23.1 Å². The SMILES string of the molecule is CCCCC/C=C\C/C=C\C/C=C\CCCCCCCCC(=O)OC(CC)C(=O)O. The van der Waals surface area contributed by atoms with Crippen molar-refractivity contribution in [2.45, 2.75) is 116 Å². The zero-order valence-corrected chi connectivity index (χ0v) is 19.3. The van der Waals surface area contributed by atoms with Gasteiger partial charge in [-0.15, -0.1) is 0 Å². The van der Waals surface area contributed by atoms with Gasteiger partial charge in [-0.2, -0.15) is 0 Å². The van der Waals surface area contributed by atoms with E-state index in [1.165, 1.54) is 44.9 Å². The highest BCUT2D eigenvalue weighted by Crippen LogP contribution is 2.10. The van der Waals surface area contributed by atoms with E-state index < -0.39 is 18.0 Å². The van der Waals surface area contributed by atoms with Crippen molar-refractivity contribution in [3.8, 4) is 0 Å². The van der Waals surface area contributed by atoms with E-state index in [-0.39, 0.29) is 0 Å². The van der Waals surface area contributed by atoms with Crippen LogP contribution in [0, 0.1) is 0 Å². The lowest BCUT2D eigenvalue weighted by Crippen LogP contribution is -2.26. The van der Waals surface area contributed by atoms with Crippen LogP contribution in [0.5, 0.6) is 0 Å². The van der Waals surface area contributed by atoms with Crippen molar-refractivity contribution < 1.29 is 19.4 Å². The van der Waals surface area contributed by atoms with Gasteiger partial charge >= 0.3 is 11.9 Å². The zero-order valence-electron chi connectivity index (χ0n) is 19.3. The number of carbonyl (C=O) groups is 2. The molecule has 0 bridgehead atoms. The van der Waals surface area contributed by atoms with Gasteiger partial charge in [0.05, 0.1) is 0 Å². The number of hydrogen-bond acceptors (Lipinski definition) is 3. The Bertz CT molecular complexity index is 505. The van der Waals surface area contributed by atoms with Crippen molar-refractivity contribution in [2.24, 2.45) is 0 Å². The van der Waals surface area contributed by atoms with Crippen LogP contribution >= 0.6 is 0 Å². The number of allylic oxidation sites excluding steroid dienone is 6. The topological polar surface area (TPSA) is 63.6 Å². The average molecular weight is 421 g/mol. The molecule has 0 fully saturated rings. The van der Waals surface area contributed by atoms with Crippen molar-refractivity contribution in [3.63, 3.8) is 0 Å². The summed E-state index contributed by atoms with van der Waals surface area (Å²) in [5.74, 6) is -1.47. The fourth-order valence-corrected chi connectivity index (χ4v) is 3.05. The van der Waals surface area contributed by atoms with E-state index in [0.29, 0.717) is 12.8 Å². The number of hydrogen-bond donors (Lipinski definition) is 1. The Morgan fingerprint density at radius 3 is 1.77 bits per heavy atom. The van der Waals surface area contributed by atoms with Gasteiger partial charge in [0, 0.05) is 6.42 Å². The first-order valence-electron chi connectivity index (χ1n) is 12.0. The summed E-state index contributed by atoms with van der Waals surface area (Å²) in [7, 11) is 0. The molecule has 0 aliphatic carbocycles. The van der Waals surface area contributed by atoms with Gasteiger partial charge in [0.2, 0.25) is 0 Å². The van der Waals surface area contributed by atoms with Crippen molar-refractivity contribution in [1.82, 2.24) is 0 Å². The summed E-state index contributed by atoms with van der Waals surface area (Å²) in [6, 6.07) is 0. The summed E-state index contributed by atoms with van der Waals surface area (Å²) in [5.41, 5.74) is 0. The lowest BCUT2D eigenvalue weighted by molar-refractivity contribution is -0.164. The van der Waals surface area contributed by atoms with Crippen LogP contribution in [0.15, 0.2) is 36.5 Å². The molecular formula is C26H44O4. The highest BCUT2D eigenvalue weighted by atomic mass is 16.6. The highest BCUT2D eigenvalue weighted by Gasteiger charge is 2.19. The number of esters is 1. The minimum Gasteiger partial charge on any atom is -0.479 e. The Morgan fingerprint density at radius 1 is 0.733 bits per heavy atom. The number of carboxylic acids is 1. The van der Waals surface area contributed by atoms with Crippen LogP contribution in [0.3, 0.4) is 0 Å². The fourth-order valence-electron chi connectivity index (χ4n) is 3.05. The first-order valence-corrected chi connectivity index (χ1v) is 12.0. The van der Waals surface area contributed by atoms with Crippen molar-refractivity contribution in [2.75, 3.05) is 0 Å². The van der Waals surface area contributed by atoms with Crippen LogP contribution in [-0.2, 0) is 14.3 Å². The van der Waals surface area contributed by atoms with Gasteiger partial charge in [0.1, 0.15) is 0 Å². The summed E-state index contributed by atoms with van der Waals surface area (Å²) in [6.07, 6.45) is 28.0. The number of unbranched alkanes of at least 4 members (excludes halogenated alkanes) is 9. The van der Waals surface area contributed by atoms with Crippen molar-refractivity contribution >= 4 is 11.9 Å². The van der Waals surface area contributed by atoms with Crippen LogP contribution in [0.4, 0.5) is 0 Å². The van der Waals surface area contributed by atoms with Crippen LogP contribution in [0.25, 0.3) is 0 Å². The number of carboxylic acid groups (broad SMARTS) is 1. The number of ether oxygens (including phenoxy) is 1. The minimum atomic E-state index is -1.07. The molecule has 0 spiro atoms. The van der Waals surface area contributed by atoms with Gasteiger partial charge in [-0.25, -0.2) is 4.79 Å². The molecule has 0 saturated heterocycles. The lowest BCUT2D eigenvalue weighted by atomic mass is 10.1. The fraction of sp³-hybridized carbons (Fsp3) is 0.692.